The first-order valence-corrected chi connectivity index (χ1v) is 13.3. The zero-order chi connectivity index (χ0) is 30.0. The molecule has 0 aliphatic heterocycles. The third kappa shape index (κ3) is 4.27. The summed E-state index contributed by atoms with van der Waals surface area (Å²) in [5.41, 5.74) is 3.66. The van der Waals surface area contributed by atoms with Gasteiger partial charge in [0.15, 0.2) is 34.7 Å². The number of phenols is 1. The highest BCUT2D eigenvalue weighted by Gasteiger charge is 2.69. The second kappa shape index (κ2) is 10.00. The Morgan fingerprint density at radius 3 is 2.51 bits per heavy atom. The van der Waals surface area contributed by atoms with Gasteiger partial charge in [-0.3, -0.25) is 38.3 Å². The van der Waals surface area contributed by atoms with Crippen LogP contribution in [0.25, 0.3) is 0 Å². The number of anilines is 1. The zero-order valence-electron chi connectivity index (χ0n) is 22.8. The minimum atomic E-state index is -2.79. The molecular weight excluding hydrogens is 534 g/mol. The van der Waals surface area contributed by atoms with Crippen molar-refractivity contribution in [3.05, 3.63) is 41.2 Å². The van der Waals surface area contributed by atoms with Gasteiger partial charge in [0.05, 0.1) is 29.4 Å². The van der Waals surface area contributed by atoms with E-state index in [1.807, 2.05) is 6.92 Å². The number of rotatable bonds is 6. The number of hydrogen-bond donors (Lipinski definition) is 4. The predicted octanol–water partition coefficient (Wildman–Crippen LogP) is -0.735. The molecule has 1 aromatic heterocycles. The summed E-state index contributed by atoms with van der Waals surface area (Å²) in [5, 5.41) is 29.3. The Morgan fingerprint density at radius 1 is 1.20 bits per heavy atom. The van der Waals surface area contributed by atoms with Gasteiger partial charge in [0.25, 0.3) is 0 Å². The van der Waals surface area contributed by atoms with E-state index in [1.165, 1.54) is 29.7 Å². The van der Waals surface area contributed by atoms with Gasteiger partial charge in [0.2, 0.25) is 11.8 Å². The molecule has 13 heteroatoms. The fraction of sp³-hybridized carbons (Fsp3) is 0.464. The average Bonchev–Trinajstić information content (AvgIpc) is 3.34. The first kappa shape index (κ1) is 28.3. The molecule has 3 aliphatic carbocycles. The van der Waals surface area contributed by atoms with Crippen LogP contribution in [0.2, 0.25) is 0 Å². The van der Waals surface area contributed by atoms with Crippen LogP contribution < -0.4 is 11.1 Å². The third-order valence-electron chi connectivity index (χ3n) is 8.61. The number of likely N-dealkylation sites (N-methyl/N-ethyl adjacent to an activating group) is 1. The number of nitrogens with zero attached hydrogens (tertiary/aromatic N) is 3. The number of carbonyl (C=O) groups excluding carboxylic acids is 6. The Kier molecular flexibility index (Phi) is 6.90. The first-order chi connectivity index (χ1) is 19.3. The second-order valence-corrected chi connectivity index (χ2v) is 11.2. The average molecular weight is 566 g/mol. The van der Waals surface area contributed by atoms with Crippen molar-refractivity contribution in [3.8, 4) is 5.75 Å². The van der Waals surface area contributed by atoms with E-state index in [2.05, 4.69) is 10.4 Å². The predicted molar refractivity (Wildman–Crippen MR) is 142 cm³/mol. The van der Waals surface area contributed by atoms with E-state index in [0.717, 1.165) is 12.0 Å². The fourth-order valence-electron chi connectivity index (χ4n) is 6.69. The number of aliphatic hydroxyl groups is 1. The topological polar surface area (TPSA) is 202 Å². The molecule has 6 atom stereocenters. The Morgan fingerprint density at radius 2 is 1.90 bits per heavy atom. The molecule has 4 unspecified atom stereocenters. The molecule has 5 N–H and O–H groups in total. The van der Waals surface area contributed by atoms with Crippen molar-refractivity contribution < 1.29 is 39.0 Å². The summed E-state index contributed by atoms with van der Waals surface area (Å²) in [6, 6.07) is 1.86. The highest BCUT2D eigenvalue weighted by Crippen LogP contribution is 2.51. The monoisotopic (exact) mass is 565 g/mol. The van der Waals surface area contributed by atoms with E-state index in [-0.39, 0.29) is 30.6 Å². The summed E-state index contributed by atoms with van der Waals surface area (Å²) in [4.78, 5) is 80.2. The molecular formula is C28H31N5O8. The molecule has 0 radical (unpaired) electrons. The number of nitrogens with one attached hydrogen (secondary N) is 1. The minimum absolute atomic E-state index is 0.0350. The normalized spacial score (nSPS) is 29.1. The van der Waals surface area contributed by atoms with E-state index in [4.69, 9.17) is 5.73 Å². The lowest BCUT2D eigenvalue weighted by Crippen LogP contribution is -2.74. The van der Waals surface area contributed by atoms with E-state index >= 15 is 0 Å². The highest BCUT2D eigenvalue weighted by atomic mass is 16.3. The summed E-state index contributed by atoms with van der Waals surface area (Å²) in [6.07, 6.45) is 4.20. The lowest BCUT2D eigenvalue weighted by molar-refractivity contribution is -0.181. The lowest BCUT2D eigenvalue weighted by atomic mass is 9.52. The Labute approximate surface area is 234 Å². The number of hydrogen-bond acceptors (Lipinski definition) is 10. The molecule has 1 heterocycles. The fourth-order valence-corrected chi connectivity index (χ4v) is 6.69. The largest absolute Gasteiger partial charge is 0.505 e. The van der Waals surface area contributed by atoms with Gasteiger partial charge in [-0.15, -0.1) is 0 Å². The van der Waals surface area contributed by atoms with Crippen LogP contribution in [-0.4, -0.2) is 85.6 Å². The van der Waals surface area contributed by atoms with Crippen LogP contribution in [-0.2, 0) is 43.4 Å². The van der Waals surface area contributed by atoms with Crippen LogP contribution >= 0.6 is 0 Å². The molecule has 5 rings (SSSR count). The number of aromatic nitrogens is 2. The van der Waals surface area contributed by atoms with Crippen molar-refractivity contribution in [1.29, 1.82) is 0 Å². The molecule has 216 valence electrons. The van der Waals surface area contributed by atoms with E-state index in [0.29, 0.717) is 5.56 Å². The van der Waals surface area contributed by atoms with Crippen LogP contribution in [0.15, 0.2) is 24.5 Å². The molecule has 13 nitrogen and oxygen atoms in total. The maximum atomic E-state index is 13.9. The van der Waals surface area contributed by atoms with E-state index in [1.54, 1.807) is 18.5 Å². The molecule has 2 amide bonds. The molecule has 0 spiro atoms. The standard InChI is InChI=1S/C28H31N5O8/c1-4-12-9-30-33(10-12)11-17(34)31-16-6-5-13-7-14-8-15-21(32(2)3)24(37)20(27(29)40)26(39)28(15,41)25(38)19(14)23(36)18(13)22(16)35/h5-6,9-10,14-15,19-21,35,41H,4,7-8,11H2,1-3H3,(H2,29,40)(H,31,34)/t14?,15?,19?,20?,21-,28-/m0/s1. The maximum Gasteiger partial charge on any atom is 0.246 e. The van der Waals surface area contributed by atoms with Crippen molar-refractivity contribution in [2.24, 2.45) is 29.4 Å². The summed E-state index contributed by atoms with van der Waals surface area (Å²) < 4.78 is 1.43. The molecule has 0 saturated heterocycles. The molecule has 2 saturated carbocycles. The molecule has 3 aliphatic rings. The molecule has 0 bridgehead atoms. The second-order valence-electron chi connectivity index (χ2n) is 11.2. The van der Waals surface area contributed by atoms with Crippen molar-refractivity contribution in [2.45, 2.75) is 44.4 Å². The van der Waals surface area contributed by atoms with Gasteiger partial charge in [-0.05, 0) is 56.5 Å². The number of fused-ring (bicyclic) bond motifs is 3. The van der Waals surface area contributed by atoms with Gasteiger partial charge in [-0.2, -0.15) is 5.10 Å². The number of amides is 2. The van der Waals surface area contributed by atoms with Crippen molar-refractivity contribution in [3.63, 3.8) is 0 Å². The number of benzene rings is 1. The highest BCUT2D eigenvalue weighted by molar-refractivity contribution is 6.32. The Bertz CT molecular complexity index is 1510. The van der Waals surface area contributed by atoms with Gasteiger partial charge in [0, 0.05) is 12.1 Å². The van der Waals surface area contributed by atoms with Crippen LogP contribution in [0, 0.1) is 23.7 Å². The van der Waals surface area contributed by atoms with Crippen LogP contribution in [0.1, 0.15) is 34.8 Å². The number of phenolic OH excluding ortho intramolecular Hbond substituents is 1. The third-order valence-corrected chi connectivity index (χ3v) is 8.61. The number of Topliss-reactive ketones (excluding diaryl/α,β-unsaturated/α-hetero) is 4. The Hall–Kier alpha value is -4.23. The molecule has 1 aromatic carbocycles. The summed E-state index contributed by atoms with van der Waals surface area (Å²) in [6.45, 7) is 1.81. The lowest BCUT2D eigenvalue weighted by Gasteiger charge is -2.52. The summed E-state index contributed by atoms with van der Waals surface area (Å²) in [7, 11) is 3.05. The minimum Gasteiger partial charge on any atom is -0.505 e. The molecule has 41 heavy (non-hydrogen) atoms. The van der Waals surface area contributed by atoms with Gasteiger partial charge in [-0.1, -0.05) is 13.0 Å². The van der Waals surface area contributed by atoms with Gasteiger partial charge < -0.3 is 21.3 Å². The molecule has 2 aromatic rings. The number of ketones is 4. The van der Waals surface area contributed by atoms with Gasteiger partial charge >= 0.3 is 0 Å². The van der Waals surface area contributed by atoms with Crippen LogP contribution in [0.5, 0.6) is 5.75 Å². The van der Waals surface area contributed by atoms with Crippen molar-refractivity contribution >= 4 is 40.6 Å². The number of nitrogens with two attached hydrogens (primary N) is 1. The van der Waals surface area contributed by atoms with Gasteiger partial charge in [0.1, 0.15) is 12.3 Å². The summed E-state index contributed by atoms with van der Waals surface area (Å²) >= 11 is 0. The quantitative estimate of drug-likeness (QED) is 0.255. The van der Waals surface area contributed by atoms with Crippen molar-refractivity contribution in [1.82, 2.24) is 14.7 Å². The van der Waals surface area contributed by atoms with Gasteiger partial charge in [-0.25, -0.2) is 0 Å². The maximum absolute atomic E-state index is 13.9. The van der Waals surface area contributed by atoms with Crippen LogP contribution in [0.4, 0.5) is 5.69 Å². The number of aromatic hydroxyl groups is 1. The number of primary amides is 1. The molecule has 2 fully saturated rings. The zero-order valence-corrected chi connectivity index (χ0v) is 22.8. The van der Waals surface area contributed by atoms with Crippen molar-refractivity contribution in [2.75, 3.05) is 19.4 Å². The number of carbonyl (C=O) groups is 6. The SMILES string of the molecule is CCc1cnn(CC(=O)Nc2ccc3c(c2O)C(=O)C2C(=O)[C@]4(O)C(=O)C(C(N)=O)C(=O)[C@@H](N(C)C)C4CC2C3)c1. The number of aryl methyl sites for hydroxylation is 1. The Balaban J connectivity index is 1.48. The first-order valence-electron chi connectivity index (χ1n) is 13.3. The van der Waals surface area contributed by atoms with E-state index in [9.17, 15) is 39.0 Å². The van der Waals surface area contributed by atoms with E-state index < -0.39 is 76.0 Å². The summed E-state index contributed by atoms with van der Waals surface area (Å²) in [5.74, 6) is -11.8. The van der Waals surface area contributed by atoms with Crippen LogP contribution in [0.3, 0.4) is 0 Å². The smallest absolute Gasteiger partial charge is 0.246 e.